The SMILES string of the molecule is O=C(O)c1ccc2c(c1)-c1cccc(C(=O)O)c1OC2. The van der Waals surface area contributed by atoms with Crippen LogP contribution in [0, 0.1) is 0 Å². The summed E-state index contributed by atoms with van der Waals surface area (Å²) in [5, 5.41) is 18.2. The molecule has 0 atom stereocenters. The lowest BCUT2D eigenvalue weighted by atomic mass is 9.93. The lowest BCUT2D eigenvalue weighted by Gasteiger charge is -2.22. The van der Waals surface area contributed by atoms with E-state index in [0.717, 1.165) is 5.56 Å². The van der Waals surface area contributed by atoms with Gasteiger partial charge in [-0.1, -0.05) is 18.2 Å². The summed E-state index contributed by atoms with van der Waals surface area (Å²) in [6.07, 6.45) is 0. The molecule has 5 heteroatoms. The minimum atomic E-state index is -1.07. The van der Waals surface area contributed by atoms with E-state index in [2.05, 4.69) is 0 Å². The number of carboxylic acids is 2. The Morgan fingerprint density at radius 2 is 1.80 bits per heavy atom. The van der Waals surface area contributed by atoms with Crippen molar-refractivity contribution in [2.75, 3.05) is 0 Å². The number of fused-ring (bicyclic) bond motifs is 3. The van der Waals surface area contributed by atoms with E-state index in [9.17, 15) is 9.59 Å². The molecule has 0 aromatic heterocycles. The Labute approximate surface area is 114 Å². The second-order valence-electron chi connectivity index (χ2n) is 4.45. The highest BCUT2D eigenvalue weighted by Crippen LogP contribution is 2.40. The zero-order valence-electron chi connectivity index (χ0n) is 10.3. The summed E-state index contributed by atoms with van der Waals surface area (Å²) >= 11 is 0. The Bertz CT molecular complexity index is 733. The average Bonchev–Trinajstić information content (AvgIpc) is 2.45. The number of rotatable bonds is 2. The first-order chi connectivity index (χ1) is 9.58. The molecule has 0 fully saturated rings. The van der Waals surface area contributed by atoms with E-state index in [4.69, 9.17) is 14.9 Å². The highest BCUT2D eigenvalue weighted by atomic mass is 16.5. The summed E-state index contributed by atoms with van der Waals surface area (Å²) in [4.78, 5) is 22.2. The third-order valence-electron chi connectivity index (χ3n) is 3.26. The number of carboxylic acid groups (broad SMARTS) is 2. The predicted octanol–water partition coefficient (Wildman–Crippen LogP) is 2.64. The van der Waals surface area contributed by atoms with Crippen molar-refractivity contribution in [3.63, 3.8) is 0 Å². The van der Waals surface area contributed by atoms with Gasteiger partial charge in [0.25, 0.3) is 0 Å². The summed E-state index contributed by atoms with van der Waals surface area (Å²) < 4.78 is 5.51. The fourth-order valence-electron chi connectivity index (χ4n) is 2.31. The normalized spacial score (nSPS) is 12.0. The van der Waals surface area contributed by atoms with Crippen LogP contribution in [0.3, 0.4) is 0 Å². The van der Waals surface area contributed by atoms with Gasteiger partial charge in [0, 0.05) is 5.56 Å². The highest BCUT2D eigenvalue weighted by molar-refractivity contribution is 5.96. The third kappa shape index (κ3) is 1.80. The molecule has 100 valence electrons. The maximum Gasteiger partial charge on any atom is 0.339 e. The first-order valence-corrected chi connectivity index (χ1v) is 5.93. The van der Waals surface area contributed by atoms with E-state index in [-0.39, 0.29) is 23.5 Å². The van der Waals surface area contributed by atoms with Gasteiger partial charge < -0.3 is 14.9 Å². The minimum Gasteiger partial charge on any atom is -0.487 e. The van der Waals surface area contributed by atoms with Crippen molar-refractivity contribution in [3.05, 3.63) is 53.1 Å². The van der Waals surface area contributed by atoms with E-state index in [1.54, 1.807) is 24.3 Å². The minimum absolute atomic E-state index is 0.0777. The second-order valence-corrected chi connectivity index (χ2v) is 4.45. The molecular weight excluding hydrogens is 260 g/mol. The maximum absolute atomic E-state index is 11.2. The van der Waals surface area contributed by atoms with Gasteiger partial charge in [-0.15, -0.1) is 0 Å². The molecule has 0 bridgehead atoms. The topological polar surface area (TPSA) is 83.8 Å². The van der Waals surface area contributed by atoms with Gasteiger partial charge in [-0.3, -0.25) is 0 Å². The van der Waals surface area contributed by atoms with Crippen LogP contribution in [0.4, 0.5) is 0 Å². The Hall–Kier alpha value is -2.82. The Morgan fingerprint density at radius 3 is 2.50 bits per heavy atom. The van der Waals surface area contributed by atoms with Crippen molar-refractivity contribution in [2.45, 2.75) is 6.61 Å². The molecule has 0 saturated carbocycles. The van der Waals surface area contributed by atoms with Crippen LogP contribution < -0.4 is 4.74 Å². The third-order valence-corrected chi connectivity index (χ3v) is 3.26. The molecule has 5 nitrogen and oxygen atoms in total. The molecule has 1 heterocycles. The molecule has 0 saturated heterocycles. The van der Waals surface area contributed by atoms with Gasteiger partial charge in [-0.2, -0.15) is 0 Å². The monoisotopic (exact) mass is 270 g/mol. The number of ether oxygens (including phenoxy) is 1. The maximum atomic E-state index is 11.2. The quantitative estimate of drug-likeness (QED) is 0.876. The highest BCUT2D eigenvalue weighted by Gasteiger charge is 2.23. The molecule has 2 N–H and O–H groups in total. The van der Waals surface area contributed by atoms with Gasteiger partial charge in [-0.05, 0) is 29.3 Å². The van der Waals surface area contributed by atoms with Gasteiger partial charge >= 0.3 is 11.9 Å². The number of aromatic carboxylic acids is 2. The van der Waals surface area contributed by atoms with Crippen molar-refractivity contribution >= 4 is 11.9 Å². The first-order valence-electron chi connectivity index (χ1n) is 5.93. The van der Waals surface area contributed by atoms with Gasteiger partial charge in [0.1, 0.15) is 17.9 Å². The summed E-state index contributed by atoms with van der Waals surface area (Å²) in [6.45, 7) is 0.229. The lowest BCUT2D eigenvalue weighted by Crippen LogP contribution is -2.11. The molecule has 1 aliphatic rings. The summed E-state index contributed by atoms with van der Waals surface area (Å²) in [7, 11) is 0. The molecule has 20 heavy (non-hydrogen) atoms. The number of hydrogen-bond donors (Lipinski definition) is 2. The number of carbonyl (C=O) groups is 2. The van der Waals surface area contributed by atoms with E-state index >= 15 is 0 Å². The Balaban J connectivity index is 2.24. The Morgan fingerprint density at radius 1 is 1.00 bits per heavy atom. The van der Waals surface area contributed by atoms with E-state index in [1.807, 2.05) is 0 Å². The molecule has 0 unspecified atom stereocenters. The van der Waals surface area contributed by atoms with Crippen LogP contribution in [0.1, 0.15) is 26.3 Å². The van der Waals surface area contributed by atoms with Gasteiger partial charge in [0.05, 0.1) is 5.56 Å². The van der Waals surface area contributed by atoms with E-state index in [0.29, 0.717) is 11.1 Å². The molecule has 0 aliphatic carbocycles. The number of benzene rings is 2. The zero-order chi connectivity index (χ0) is 14.3. The summed E-state index contributed by atoms with van der Waals surface area (Å²) in [6, 6.07) is 9.56. The van der Waals surface area contributed by atoms with Crippen LogP contribution in [-0.2, 0) is 6.61 Å². The van der Waals surface area contributed by atoms with Crippen LogP contribution in [0.2, 0.25) is 0 Å². The van der Waals surface area contributed by atoms with Crippen LogP contribution in [0.15, 0.2) is 36.4 Å². The molecular formula is C15H10O5. The van der Waals surface area contributed by atoms with Crippen LogP contribution in [0.25, 0.3) is 11.1 Å². The molecule has 0 amide bonds. The lowest BCUT2D eigenvalue weighted by molar-refractivity contribution is 0.0682. The number of para-hydroxylation sites is 1. The zero-order valence-corrected chi connectivity index (χ0v) is 10.3. The van der Waals surface area contributed by atoms with E-state index in [1.165, 1.54) is 12.1 Å². The summed E-state index contributed by atoms with van der Waals surface area (Å²) in [5.74, 6) is -1.80. The molecule has 0 spiro atoms. The van der Waals surface area contributed by atoms with Crippen LogP contribution >= 0.6 is 0 Å². The standard InChI is InChI=1S/C15H10O5/c16-14(17)8-4-5-9-7-20-13-10(12(9)6-8)2-1-3-11(13)15(18)19/h1-6H,7H2,(H,16,17)(H,18,19). The smallest absolute Gasteiger partial charge is 0.339 e. The second kappa shape index (κ2) is 4.38. The largest absolute Gasteiger partial charge is 0.487 e. The molecule has 0 radical (unpaired) electrons. The fourth-order valence-corrected chi connectivity index (χ4v) is 2.31. The predicted molar refractivity (Wildman–Crippen MR) is 70.1 cm³/mol. The Kier molecular flexibility index (Phi) is 2.68. The first kappa shape index (κ1) is 12.2. The van der Waals surface area contributed by atoms with E-state index < -0.39 is 11.9 Å². The van der Waals surface area contributed by atoms with Crippen LogP contribution in [-0.4, -0.2) is 22.2 Å². The van der Waals surface area contributed by atoms with Crippen molar-refractivity contribution < 1.29 is 24.5 Å². The van der Waals surface area contributed by atoms with Gasteiger partial charge in [-0.25, -0.2) is 9.59 Å². The molecule has 3 rings (SSSR count). The average molecular weight is 270 g/mol. The van der Waals surface area contributed by atoms with Crippen molar-refractivity contribution in [2.24, 2.45) is 0 Å². The molecule has 1 aliphatic heterocycles. The van der Waals surface area contributed by atoms with Gasteiger partial charge in [0.2, 0.25) is 0 Å². The van der Waals surface area contributed by atoms with Crippen molar-refractivity contribution in [3.8, 4) is 16.9 Å². The van der Waals surface area contributed by atoms with Gasteiger partial charge in [0.15, 0.2) is 0 Å². The van der Waals surface area contributed by atoms with Crippen molar-refractivity contribution in [1.82, 2.24) is 0 Å². The molecule has 2 aromatic carbocycles. The summed E-state index contributed by atoms with van der Waals surface area (Å²) in [5.41, 5.74) is 2.39. The van der Waals surface area contributed by atoms with Crippen LogP contribution in [0.5, 0.6) is 5.75 Å². The van der Waals surface area contributed by atoms with Crippen molar-refractivity contribution in [1.29, 1.82) is 0 Å². The molecule has 2 aromatic rings. The fraction of sp³-hybridized carbons (Fsp3) is 0.0667. The number of hydrogen-bond acceptors (Lipinski definition) is 3.